The van der Waals surface area contributed by atoms with Gasteiger partial charge in [0.05, 0.1) is 55.2 Å². The molecule has 0 aliphatic heterocycles. The largest absolute Gasteiger partial charge is 0.309 e. The van der Waals surface area contributed by atoms with Crippen LogP contribution in [-0.2, 0) is 0 Å². The van der Waals surface area contributed by atoms with Crippen molar-refractivity contribution < 1.29 is 0 Å². The molecule has 131 heavy (non-hydrogen) atoms. The molecule has 0 unspecified atom stereocenters. The molecule has 0 amide bonds. The Morgan fingerprint density at radius 2 is 0.290 bits per heavy atom. The highest BCUT2D eigenvalue weighted by molar-refractivity contribution is 6.16. The summed E-state index contributed by atoms with van der Waals surface area (Å²) in [6, 6.07) is 166. The maximum Gasteiger partial charge on any atom is 0.164 e. The fourth-order valence-corrected chi connectivity index (χ4v) is 19.5. The lowest BCUT2D eigenvalue weighted by Gasteiger charge is -2.16. The minimum atomic E-state index is 0.596. The summed E-state index contributed by atoms with van der Waals surface area (Å²) in [5.41, 5.74) is 29.6. The molecular formula is C120H77N11. The molecule has 7 aromatic heterocycles. The van der Waals surface area contributed by atoms with Gasteiger partial charge in [-0.25, -0.2) is 29.9 Å². The molecule has 0 N–H and O–H groups in total. The van der Waals surface area contributed by atoms with Crippen molar-refractivity contribution in [2.75, 3.05) is 0 Å². The first-order chi connectivity index (χ1) is 64.9. The van der Waals surface area contributed by atoms with Crippen LogP contribution in [0.3, 0.4) is 0 Å². The molecule has 0 aliphatic rings. The van der Waals surface area contributed by atoms with Crippen molar-refractivity contribution in [2.45, 2.75) is 0 Å². The number of hydrogen-bond donors (Lipinski definition) is 0. The van der Waals surface area contributed by atoms with Gasteiger partial charge in [0.15, 0.2) is 34.9 Å². The highest BCUT2D eigenvalue weighted by Gasteiger charge is 2.24. The zero-order chi connectivity index (χ0) is 86.4. The highest BCUT2D eigenvalue weighted by atomic mass is 15.1. The van der Waals surface area contributed by atoms with Crippen LogP contribution in [0.25, 0.3) is 239 Å². The lowest BCUT2D eigenvalue weighted by atomic mass is 10.0. The number of fused-ring (bicyclic) bond motifs is 15. The van der Waals surface area contributed by atoms with Crippen molar-refractivity contribution in [1.82, 2.24) is 52.7 Å². The molecule has 11 heteroatoms. The van der Waals surface area contributed by atoms with E-state index in [1.165, 1.54) is 109 Å². The summed E-state index contributed by atoms with van der Waals surface area (Å²) in [6.07, 6.45) is 0. The summed E-state index contributed by atoms with van der Waals surface area (Å²) < 4.78 is 11.9. The number of nitrogens with zero attached hydrogens (tertiary/aromatic N) is 11. The Kier molecular flexibility index (Phi) is 18.3. The number of para-hydroxylation sites is 8. The van der Waals surface area contributed by atoms with Crippen LogP contribution < -0.4 is 0 Å². The van der Waals surface area contributed by atoms with Crippen molar-refractivity contribution in [3.63, 3.8) is 0 Å². The van der Waals surface area contributed by atoms with Gasteiger partial charge in [-0.05, 0) is 173 Å². The monoisotopic (exact) mass is 1670 g/mol. The van der Waals surface area contributed by atoms with Crippen molar-refractivity contribution in [3.8, 4) is 130 Å². The zero-order valence-corrected chi connectivity index (χ0v) is 70.9. The van der Waals surface area contributed by atoms with E-state index in [0.29, 0.717) is 34.9 Å². The number of aromatic nitrogens is 11. The third kappa shape index (κ3) is 13.3. The van der Waals surface area contributed by atoms with Crippen molar-refractivity contribution in [3.05, 3.63) is 467 Å². The van der Waals surface area contributed by atoms with Gasteiger partial charge >= 0.3 is 0 Å². The van der Waals surface area contributed by atoms with Crippen molar-refractivity contribution in [1.29, 1.82) is 0 Å². The fraction of sp³-hybridized carbons (Fsp3) is 0. The average molecular weight is 1670 g/mol. The standard InChI is InChI=1S/C63H40N6.C57H37N5/c1-4-18-41(19-5-1)61-64-62(42-20-6-2-7-21-42)66-63(65-61)45-36-47(68-55-28-14-10-24-49(55)50-25-11-15-29-56(50)68)40-48(37-45)69-58-31-17-13-27-52(58)54-39-44(33-35-60(54)69)43-32-34-59-53(38-43)51-26-12-16-30-57(51)67(59)46-22-8-3-9-23-46;1-4-14-40(15-5-1)55-58-56(41-16-6-2-7-17-41)60-57(59-55)42-26-24-38(25-27-42)39-28-32-46(33-29-39)62-52-23-13-11-21-48(52)50-37-44(31-35-54(50)62)43-30-34-53-49(36-43)47-20-10-12-22-51(47)61(53)45-18-8-3-9-19-45/h1-40H;1-37H. The molecule has 0 radical (unpaired) electrons. The molecule has 19 aromatic carbocycles. The quantitative estimate of drug-likeness (QED) is 0.107. The van der Waals surface area contributed by atoms with Gasteiger partial charge < -0.3 is 22.8 Å². The third-order valence-corrected chi connectivity index (χ3v) is 25.6. The average Bonchev–Trinajstić information content (AvgIpc) is 1.59. The molecule has 0 fully saturated rings. The van der Waals surface area contributed by atoms with E-state index in [-0.39, 0.29) is 0 Å². The van der Waals surface area contributed by atoms with Crippen LogP contribution in [0.1, 0.15) is 0 Å². The normalized spacial score (nSPS) is 11.7. The second-order valence-corrected chi connectivity index (χ2v) is 33.3. The second kappa shape index (κ2) is 31.7. The summed E-state index contributed by atoms with van der Waals surface area (Å²) in [7, 11) is 0. The Balaban J connectivity index is 0.000000142. The molecule has 26 aromatic rings. The van der Waals surface area contributed by atoms with Gasteiger partial charge in [-0.2, -0.15) is 0 Å². The summed E-state index contributed by atoms with van der Waals surface area (Å²) in [5, 5.41) is 12.2. The molecule has 0 atom stereocenters. The number of hydrogen-bond acceptors (Lipinski definition) is 6. The molecular weight excluding hydrogens is 1600 g/mol. The van der Waals surface area contributed by atoms with E-state index in [1.807, 2.05) is 97.1 Å². The van der Waals surface area contributed by atoms with E-state index in [0.717, 1.165) is 94.9 Å². The molecule has 7 heterocycles. The van der Waals surface area contributed by atoms with Gasteiger partial charge in [-0.3, -0.25) is 0 Å². The summed E-state index contributed by atoms with van der Waals surface area (Å²) in [4.78, 5) is 30.3. The fourth-order valence-electron chi connectivity index (χ4n) is 19.5. The first-order valence-corrected chi connectivity index (χ1v) is 44.3. The van der Waals surface area contributed by atoms with Crippen LogP contribution >= 0.6 is 0 Å². The predicted molar refractivity (Wildman–Crippen MR) is 540 cm³/mol. The van der Waals surface area contributed by atoms with E-state index >= 15 is 0 Å². The molecule has 11 nitrogen and oxygen atoms in total. The molecule has 0 aliphatic carbocycles. The maximum absolute atomic E-state index is 5.26. The minimum absolute atomic E-state index is 0.596. The molecule has 612 valence electrons. The third-order valence-electron chi connectivity index (χ3n) is 25.6. The number of rotatable bonds is 14. The molecule has 0 saturated heterocycles. The van der Waals surface area contributed by atoms with Gasteiger partial charge in [-0.15, -0.1) is 0 Å². The van der Waals surface area contributed by atoms with Crippen molar-refractivity contribution in [2.24, 2.45) is 0 Å². The van der Waals surface area contributed by atoms with E-state index in [9.17, 15) is 0 Å². The predicted octanol–water partition coefficient (Wildman–Crippen LogP) is 30.2. The molecule has 0 spiro atoms. The lowest BCUT2D eigenvalue weighted by molar-refractivity contribution is 1.07. The lowest BCUT2D eigenvalue weighted by Crippen LogP contribution is -2.03. The zero-order valence-electron chi connectivity index (χ0n) is 70.9. The first kappa shape index (κ1) is 75.7. The summed E-state index contributed by atoms with van der Waals surface area (Å²) in [6.45, 7) is 0. The Morgan fingerprint density at radius 1 is 0.107 bits per heavy atom. The van der Waals surface area contributed by atoms with Gasteiger partial charge in [0.1, 0.15) is 0 Å². The van der Waals surface area contributed by atoms with Crippen LogP contribution in [0, 0.1) is 0 Å². The molecule has 26 rings (SSSR count). The molecule has 0 bridgehead atoms. The van der Waals surface area contributed by atoms with Gasteiger partial charge in [0.2, 0.25) is 0 Å². The Morgan fingerprint density at radius 3 is 0.565 bits per heavy atom. The van der Waals surface area contributed by atoms with Gasteiger partial charge in [0, 0.05) is 116 Å². The van der Waals surface area contributed by atoms with Crippen LogP contribution in [0.4, 0.5) is 0 Å². The van der Waals surface area contributed by atoms with E-state index < -0.39 is 0 Å². The summed E-state index contributed by atoms with van der Waals surface area (Å²) >= 11 is 0. The van der Waals surface area contributed by atoms with E-state index in [1.54, 1.807) is 0 Å². The summed E-state index contributed by atoms with van der Waals surface area (Å²) in [5.74, 6) is 3.79. The van der Waals surface area contributed by atoms with Crippen LogP contribution in [0.5, 0.6) is 0 Å². The topological polar surface area (TPSA) is 102 Å². The second-order valence-electron chi connectivity index (χ2n) is 33.3. The SMILES string of the molecule is c1ccc(-c2nc(-c3ccccc3)nc(-c3cc(-n4c5ccccc5c5ccccc54)cc(-n4c5ccccc5c5cc(-c6ccc7c(c6)c6ccccc6n7-c6ccccc6)ccc54)c3)n2)cc1.c1ccc(-c2nc(-c3ccccc3)nc(-c3ccc(-c4ccc(-n5c6ccccc6c6cc(-c7ccc8c(c7)c7ccccc7n8-c7ccccc7)ccc65)cc4)cc3)n2)cc1. The molecule has 0 saturated carbocycles. The van der Waals surface area contributed by atoms with E-state index in [4.69, 9.17) is 29.9 Å². The Bertz CT molecular complexity index is 8760. The van der Waals surface area contributed by atoms with Gasteiger partial charge in [-0.1, -0.05) is 328 Å². The number of benzene rings is 19. The van der Waals surface area contributed by atoms with Crippen LogP contribution in [0.2, 0.25) is 0 Å². The van der Waals surface area contributed by atoms with Crippen molar-refractivity contribution >= 4 is 109 Å². The Labute approximate surface area is 754 Å². The van der Waals surface area contributed by atoms with E-state index in [2.05, 4.69) is 393 Å². The Hall–Kier alpha value is -17.8. The smallest absolute Gasteiger partial charge is 0.164 e. The minimum Gasteiger partial charge on any atom is -0.309 e. The first-order valence-electron chi connectivity index (χ1n) is 44.3. The maximum atomic E-state index is 5.26. The van der Waals surface area contributed by atoms with Crippen LogP contribution in [-0.4, -0.2) is 52.7 Å². The highest BCUT2D eigenvalue weighted by Crippen LogP contribution is 2.45. The van der Waals surface area contributed by atoms with Gasteiger partial charge in [0.25, 0.3) is 0 Å². The van der Waals surface area contributed by atoms with Crippen LogP contribution in [0.15, 0.2) is 467 Å².